The third kappa shape index (κ3) is 5.05. The molecule has 1 amide bonds. The van der Waals surface area contributed by atoms with Gasteiger partial charge in [0.1, 0.15) is 6.07 Å². The van der Waals surface area contributed by atoms with E-state index in [0.717, 1.165) is 11.7 Å². The normalized spacial score (nSPS) is 15.1. The lowest BCUT2D eigenvalue weighted by molar-refractivity contribution is -0.129. The monoisotopic (exact) mass is 452 g/mol. The van der Waals surface area contributed by atoms with Gasteiger partial charge in [-0.1, -0.05) is 35.2 Å². The summed E-state index contributed by atoms with van der Waals surface area (Å²) in [4.78, 5) is 14.1. The van der Waals surface area contributed by atoms with Gasteiger partial charge in [-0.05, 0) is 19.1 Å². The molecule has 1 aromatic carbocycles. The van der Waals surface area contributed by atoms with E-state index in [1.54, 1.807) is 17.0 Å². The summed E-state index contributed by atoms with van der Waals surface area (Å²) in [5.41, 5.74) is 0.122. The summed E-state index contributed by atoms with van der Waals surface area (Å²) in [6, 6.07) is 8.07. The number of aromatic nitrogens is 2. The molecule has 1 fully saturated rings. The van der Waals surface area contributed by atoms with E-state index in [1.165, 1.54) is 39.5 Å². The summed E-state index contributed by atoms with van der Waals surface area (Å²) in [6.45, 7) is 3.74. The smallest absolute Gasteiger partial charge is 0.244 e. The van der Waals surface area contributed by atoms with Gasteiger partial charge in [0.05, 0.1) is 16.2 Å². The highest BCUT2D eigenvalue weighted by Gasteiger charge is 2.31. The fourth-order valence-corrected chi connectivity index (χ4v) is 6.09. The van der Waals surface area contributed by atoms with Gasteiger partial charge in [0.25, 0.3) is 0 Å². The lowest BCUT2D eigenvalue weighted by Crippen LogP contribution is -2.51. The molecule has 1 aliphatic rings. The number of nitrogens with one attached hydrogen (secondary N) is 1. The van der Waals surface area contributed by atoms with Crippen LogP contribution in [0, 0.1) is 11.3 Å². The molecule has 1 saturated heterocycles. The zero-order valence-corrected chi connectivity index (χ0v) is 18.2. The predicted molar refractivity (Wildman–Crippen MR) is 111 cm³/mol. The summed E-state index contributed by atoms with van der Waals surface area (Å²) >= 11 is 2.72. The van der Waals surface area contributed by atoms with Crippen LogP contribution in [0.15, 0.2) is 33.5 Å². The number of benzene rings is 1. The Morgan fingerprint density at radius 1 is 1.28 bits per heavy atom. The van der Waals surface area contributed by atoms with Gasteiger partial charge in [-0.3, -0.25) is 4.79 Å². The summed E-state index contributed by atoms with van der Waals surface area (Å²) < 4.78 is 27.8. The molecule has 1 aliphatic heterocycles. The molecule has 1 N–H and O–H groups in total. The van der Waals surface area contributed by atoms with Crippen molar-refractivity contribution in [3.05, 3.63) is 29.8 Å². The highest BCUT2D eigenvalue weighted by atomic mass is 32.2. The second kappa shape index (κ2) is 9.53. The standard InChI is InChI=1S/C17H20N6O3S3/c1-2-19-16-20-21-17(28-16)27-12-15(24)22-7-9-23(10-8-22)29(25,26)14-6-4-3-5-13(14)11-18/h3-6H,2,7-10,12H2,1H3,(H,19,20). The molecular weight excluding hydrogens is 432 g/mol. The van der Waals surface area contributed by atoms with Gasteiger partial charge in [0, 0.05) is 32.7 Å². The van der Waals surface area contributed by atoms with Crippen LogP contribution in [0.25, 0.3) is 0 Å². The molecule has 3 rings (SSSR count). The number of nitriles is 1. The number of rotatable bonds is 7. The van der Waals surface area contributed by atoms with Crippen LogP contribution in [0.2, 0.25) is 0 Å². The third-order valence-electron chi connectivity index (χ3n) is 4.27. The van der Waals surface area contributed by atoms with Crippen molar-refractivity contribution >= 4 is 44.2 Å². The first-order valence-electron chi connectivity index (χ1n) is 8.93. The lowest BCUT2D eigenvalue weighted by atomic mass is 10.2. The highest BCUT2D eigenvalue weighted by molar-refractivity contribution is 8.01. The Balaban J connectivity index is 1.55. The average molecular weight is 453 g/mol. The van der Waals surface area contributed by atoms with E-state index in [0.29, 0.717) is 17.4 Å². The number of carbonyl (C=O) groups excluding carboxylic acids is 1. The Morgan fingerprint density at radius 3 is 2.69 bits per heavy atom. The lowest BCUT2D eigenvalue weighted by Gasteiger charge is -2.34. The summed E-state index contributed by atoms with van der Waals surface area (Å²) in [5, 5.41) is 21.0. The quantitative estimate of drug-likeness (QED) is 0.627. The molecule has 1 aromatic heterocycles. The fraction of sp³-hybridized carbons (Fsp3) is 0.412. The number of amides is 1. The Morgan fingerprint density at radius 2 is 2.00 bits per heavy atom. The zero-order chi connectivity index (χ0) is 20.9. The van der Waals surface area contributed by atoms with E-state index in [2.05, 4.69) is 15.5 Å². The first-order chi connectivity index (χ1) is 14.0. The molecule has 2 heterocycles. The molecule has 12 heteroatoms. The first-order valence-corrected chi connectivity index (χ1v) is 12.2. The molecule has 0 aliphatic carbocycles. The van der Waals surface area contributed by atoms with Gasteiger partial charge in [0.15, 0.2) is 4.34 Å². The molecule has 9 nitrogen and oxygen atoms in total. The zero-order valence-electron chi connectivity index (χ0n) is 15.7. The van der Waals surface area contributed by atoms with Crippen molar-refractivity contribution in [2.75, 3.05) is 43.8 Å². The summed E-state index contributed by atoms with van der Waals surface area (Å²) in [7, 11) is -3.77. The van der Waals surface area contributed by atoms with Crippen LogP contribution in [0.5, 0.6) is 0 Å². The van der Waals surface area contributed by atoms with Crippen LogP contribution in [-0.4, -0.2) is 72.2 Å². The SMILES string of the molecule is CCNc1nnc(SCC(=O)N2CCN(S(=O)(=O)c3ccccc3C#N)CC2)s1. The average Bonchev–Trinajstić information content (AvgIpc) is 3.19. The molecule has 0 spiro atoms. The largest absolute Gasteiger partial charge is 0.360 e. The number of nitrogens with zero attached hydrogens (tertiary/aromatic N) is 5. The molecule has 0 unspecified atom stereocenters. The molecule has 2 aromatic rings. The van der Waals surface area contributed by atoms with Gasteiger partial charge >= 0.3 is 0 Å². The van der Waals surface area contributed by atoms with Crippen molar-refractivity contribution in [1.29, 1.82) is 5.26 Å². The second-order valence-electron chi connectivity index (χ2n) is 6.08. The second-order valence-corrected chi connectivity index (χ2v) is 10.2. The van der Waals surface area contributed by atoms with Crippen LogP contribution >= 0.6 is 23.1 Å². The highest BCUT2D eigenvalue weighted by Crippen LogP contribution is 2.26. The summed E-state index contributed by atoms with van der Waals surface area (Å²) in [6.07, 6.45) is 0. The van der Waals surface area contributed by atoms with Crippen LogP contribution < -0.4 is 5.32 Å². The Kier molecular flexibility index (Phi) is 7.07. The molecule has 154 valence electrons. The van der Waals surface area contributed by atoms with E-state index in [1.807, 2.05) is 13.0 Å². The third-order valence-corrected chi connectivity index (χ3v) is 8.23. The Hall–Kier alpha value is -2.20. The molecular formula is C17H20N6O3S3. The number of hydrogen-bond donors (Lipinski definition) is 1. The Bertz CT molecular complexity index is 1010. The van der Waals surface area contributed by atoms with Crippen LogP contribution in [0.4, 0.5) is 5.13 Å². The molecule has 0 saturated carbocycles. The number of carbonyl (C=O) groups is 1. The number of anilines is 1. The molecule has 0 radical (unpaired) electrons. The fourth-order valence-electron chi connectivity index (χ4n) is 2.81. The van der Waals surface area contributed by atoms with E-state index in [-0.39, 0.29) is 35.2 Å². The number of hydrogen-bond acceptors (Lipinski definition) is 9. The molecule has 0 bridgehead atoms. The number of sulfonamides is 1. The maximum absolute atomic E-state index is 12.9. The minimum absolute atomic E-state index is 0.00518. The van der Waals surface area contributed by atoms with Gasteiger partial charge in [-0.15, -0.1) is 10.2 Å². The summed E-state index contributed by atoms with van der Waals surface area (Å²) in [5.74, 6) is 0.162. The minimum atomic E-state index is -3.77. The van der Waals surface area contributed by atoms with Gasteiger partial charge in [-0.25, -0.2) is 8.42 Å². The van der Waals surface area contributed by atoms with E-state index in [9.17, 15) is 18.5 Å². The number of thioether (sulfide) groups is 1. The maximum Gasteiger partial charge on any atom is 0.244 e. The van der Waals surface area contributed by atoms with E-state index < -0.39 is 10.0 Å². The topological polar surface area (TPSA) is 119 Å². The van der Waals surface area contributed by atoms with Crippen molar-refractivity contribution < 1.29 is 13.2 Å². The minimum Gasteiger partial charge on any atom is -0.360 e. The molecule has 29 heavy (non-hydrogen) atoms. The van der Waals surface area contributed by atoms with Crippen molar-refractivity contribution in [2.45, 2.75) is 16.2 Å². The van der Waals surface area contributed by atoms with Crippen molar-refractivity contribution in [1.82, 2.24) is 19.4 Å². The Labute approximate surface area is 177 Å². The van der Waals surface area contributed by atoms with Gasteiger partial charge in [0.2, 0.25) is 21.1 Å². The van der Waals surface area contributed by atoms with Gasteiger partial charge in [-0.2, -0.15) is 9.57 Å². The van der Waals surface area contributed by atoms with Crippen LogP contribution in [0.1, 0.15) is 12.5 Å². The van der Waals surface area contributed by atoms with Crippen LogP contribution in [0.3, 0.4) is 0 Å². The van der Waals surface area contributed by atoms with Gasteiger partial charge < -0.3 is 10.2 Å². The van der Waals surface area contributed by atoms with Crippen molar-refractivity contribution in [2.24, 2.45) is 0 Å². The maximum atomic E-state index is 12.9. The number of piperazine rings is 1. The van der Waals surface area contributed by atoms with Crippen LogP contribution in [-0.2, 0) is 14.8 Å². The molecule has 0 atom stereocenters. The predicted octanol–water partition coefficient (Wildman–Crippen LogP) is 1.47. The first kappa shape index (κ1) is 21.5. The van der Waals surface area contributed by atoms with E-state index >= 15 is 0 Å². The van der Waals surface area contributed by atoms with Crippen molar-refractivity contribution in [3.63, 3.8) is 0 Å². The van der Waals surface area contributed by atoms with E-state index in [4.69, 9.17) is 0 Å². The van der Waals surface area contributed by atoms with Crippen molar-refractivity contribution in [3.8, 4) is 6.07 Å².